The fourth-order valence-electron chi connectivity index (χ4n) is 2.80. The third-order valence-corrected chi connectivity index (χ3v) is 3.60. The zero-order valence-corrected chi connectivity index (χ0v) is 12.7. The van der Waals surface area contributed by atoms with Gasteiger partial charge in [0.15, 0.2) is 0 Å². The van der Waals surface area contributed by atoms with Gasteiger partial charge in [0.1, 0.15) is 0 Å². The van der Waals surface area contributed by atoms with E-state index in [-0.39, 0.29) is 6.04 Å². The molecule has 0 aliphatic heterocycles. The van der Waals surface area contributed by atoms with Crippen LogP contribution in [0.5, 0.6) is 0 Å². The zero-order valence-electron chi connectivity index (χ0n) is 12.7. The number of benzene rings is 1. The van der Waals surface area contributed by atoms with E-state index in [1.165, 1.54) is 28.1 Å². The van der Waals surface area contributed by atoms with Crippen LogP contribution in [0.4, 0.5) is 5.69 Å². The van der Waals surface area contributed by atoms with Gasteiger partial charge in [-0.05, 0) is 57.9 Å². The summed E-state index contributed by atoms with van der Waals surface area (Å²) in [5, 5.41) is 8.07. The van der Waals surface area contributed by atoms with E-state index in [4.69, 9.17) is 0 Å². The molecule has 2 rings (SSSR count). The molecule has 0 aliphatic carbocycles. The summed E-state index contributed by atoms with van der Waals surface area (Å²) in [7, 11) is 2.00. The van der Waals surface area contributed by atoms with Gasteiger partial charge in [-0.3, -0.25) is 4.68 Å². The third kappa shape index (κ3) is 2.80. The van der Waals surface area contributed by atoms with Crippen molar-refractivity contribution in [2.45, 2.75) is 40.7 Å². The highest BCUT2D eigenvalue weighted by Crippen LogP contribution is 2.25. The van der Waals surface area contributed by atoms with Crippen LogP contribution in [-0.4, -0.2) is 9.78 Å². The van der Waals surface area contributed by atoms with E-state index in [0.717, 1.165) is 5.69 Å². The van der Waals surface area contributed by atoms with E-state index in [1.807, 2.05) is 11.7 Å². The van der Waals surface area contributed by atoms with E-state index in [2.05, 4.69) is 63.2 Å². The van der Waals surface area contributed by atoms with Gasteiger partial charge >= 0.3 is 0 Å². The molecule has 102 valence electrons. The molecule has 0 fully saturated rings. The molecule has 0 saturated heterocycles. The van der Waals surface area contributed by atoms with E-state index in [0.29, 0.717) is 0 Å². The summed E-state index contributed by atoms with van der Waals surface area (Å²) in [5.41, 5.74) is 7.37. The first-order valence-corrected chi connectivity index (χ1v) is 6.73. The Morgan fingerprint density at radius 1 is 1.05 bits per heavy atom. The van der Waals surface area contributed by atoms with Crippen LogP contribution in [0.25, 0.3) is 0 Å². The van der Waals surface area contributed by atoms with E-state index in [1.54, 1.807) is 0 Å². The van der Waals surface area contributed by atoms with Crippen molar-refractivity contribution in [1.82, 2.24) is 9.78 Å². The Labute approximate surface area is 115 Å². The maximum absolute atomic E-state index is 4.49. The molecule has 3 nitrogen and oxygen atoms in total. The maximum atomic E-state index is 4.49. The lowest BCUT2D eigenvalue weighted by atomic mass is 10.1. The third-order valence-electron chi connectivity index (χ3n) is 3.60. The highest BCUT2D eigenvalue weighted by Gasteiger charge is 2.16. The molecule has 3 heteroatoms. The number of anilines is 1. The van der Waals surface area contributed by atoms with Gasteiger partial charge in [0, 0.05) is 24.0 Å². The Morgan fingerprint density at radius 3 is 2.11 bits per heavy atom. The van der Waals surface area contributed by atoms with Crippen LogP contribution >= 0.6 is 0 Å². The molecule has 1 atom stereocenters. The zero-order chi connectivity index (χ0) is 14.2. The fourth-order valence-corrected chi connectivity index (χ4v) is 2.80. The molecule has 0 spiro atoms. The van der Waals surface area contributed by atoms with Gasteiger partial charge in [-0.15, -0.1) is 0 Å². The molecule has 0 saturated carbocycles. The van der Waals surface area contributed by atoms with Crippen LogP contribution in [0.1, 0.15) is 41.0 Å². The summed E-state index contributed by atoms with van der Waals surface area (Å²) < 4.78 is 1.95. The van der Waals surface area contributed by atoms with Crippen molar-refractivity contribution in [1.29, 1.82) is 0 Å². The van der Waals surface area contributed by atoms with Crippen LogP contribution in [0.2, 0.25) is 0 Å². The lowest BCUT2D eigenvalue weighted by Crippen LogP contribution is -2.09. The number of nitrogens with one attached hydrogen (secondary N) is 1. The quantitative estimate of drug-likeness (QED) is 0.905. The van der Waals surface area contributed by atoms with Gasteiger partial charge < -0.3 is 5.32 Å². The largest absolute Gasteiger partial charge is 0.378 e. The van der Waals surface area contributed by atoms with Gasteiger partial charge in [0.25, 0.3) is 0 Å². The van der Waals surface area contributed by atoms with Crippen molar-refractivity contribution in [2.24, 2.45) is 7.05 Å². The van der Waals surface area contributed by atoms with Crippen molar-refractivity contribution in [3.63, 3.8) is 0 Å². The summed E-state index contributed by atoms with van der Waals surface area (Å²) in [6, 6.07) is 6.82. The summed E-state index contributed by atoms with van der Waals surface area (Å²) in [4.78, 5) is 0. The number of nitrogens with zero attached hydrogens (tertiary/aromatic N) is 2. The van der Waals surface area contributed by atoms with E-state index >= 15 is 0 Å². The molecule has 0 amide bonds. The molecule has 19 heavy (non-hydrogen) atoms. The van der Waals surface area contributed by atoms with Gasteiger partial charge in [-0.25, -0.2) is 0 Å². The maximum Gasteiger partial charge on any atom is 0.0649 e. The van der Waals surface area contributed by atoms with Crippen LogP contribution in [0.3, 0.4) is 0 Å². The molecular formula is C16H23N3. The SMILES string of the molecule is Cc1cc(C)cc(NC(C)c2c(C)nn(C)c2C)c1. The number of hydrogen-bond acceptors (Lipinski definition) is 2. The minimum atomic E-state index is 0.259. The second kappa shape index (κ2) is 5.08. The van der Waals surface area contributed by atoms with Crippen molar-refractivity contribution in [2.75, 3.05) is 5.32 Å². The minimum Gasteiger partial charge on any atom is -0.378 e. The monoisotopic (exact) mass is 257 g/mol. The minimum absolute atomic E-state index is 0.259. The van der Waals surface area contributed by atoms with Crippen LogP contribution in [-0.2, 0) is 7.05 Å². The molecule has 1 heterocycles. The highest BCUT2D eigenvalue weighted by molar-refractivity contribution is 5.50. The first-order valence-electron chi connectivity index (χ1n) is 6.73. The summed E-state index contributed by atoms with van der Waals surface area (Å²) in [6.45, 7) is 10.6. The molecular weight excluding hydrogens is 234 g/mol. The molecule has 1 N–H and O–H groups in total. The summed E-state index contributed by atoms with van der Waals surface area (Å²) in [6.07, 6.45) is 0. The Kier molecular flexibility index (Phi) is 3.65. The molecule has 0 bridgehead atoms. The van der Waals surface area contributed by atoms with E-state index < -0.39 is 0 Å². The number of hydrogen-bond donors (Lipinski definition) is 1. The first kappa shape index (κ1) is 13.7. The second-order valence-electron chi connectivity index (χ2n) is 5.45. The standard InChI is InChI=1S/C16H23N3/c1-10-7-11(2)9-15(8-10)17-12(3)16-13(4)18-19(6)14(16)5/h7-9,12,17H,1-6H3. The fraction of sp³-hybridized carbons (Fsp3) is 0.438. The molecule has 0 aliphatic rings. The van der Waals surface area contributed by atoms with Crippen LogP contribution in [0.15, 0.2) is 18.2 Å². The average Bonchev–Trinajstić information content (AvgIpc) is 2.51. The van der Waals surface area contributed by atoms with Gasteiger partial charge in [0.05, 0.1) is 11.7 Å². The number of aryl methyl sites for hydroxylation is 4. The molecule has 1 aromatic heterocycles. The topological polar surface area (TPSA) is 29.9 Å². The van der Waals surface area contributed by atoms with Crippen LogP contribution < -0.4 is 5.32 Å². The lowest BCUT2D eigenvalue weighted by molar-refractivity contribution is 0.728. The Bertz CT molecular complexity index is 576. The first-order chi connectivity index (χ1) is 8.88. The van der Waals surface area contributed by atoms with Crippen molar-refractivity contribution >= 4 is 5.69 Å². The predicted octanol–water partition coefficient (Wildman–Crippen LogP) is 3.83. The predicted molar refractivity (Wildman–Crippen MR) is 80.6 cm³/mol. The van der Waals surface area contributed by atoms with Crippen LogP contribution in [0, 0.1) is 27.7 Å². The van der Waals surface area contributed by atoms with Gasteiger partial charge in [-0.2, -0.15) is 5.10 Å². The smallest absolute Gasteiger partial charge is 0.0649 e. The van der Waals surface area contributed by atoms with Crippen molar-refractivity contribution < 1.29 is 0 Å². The van der Waals surface area contributed by atoms with Gasteiger partial charge in [0.2, 0.25) is 0 Å². The normalized spacial score (nSPS) is 12.5. The highest BCUT2D eigenvalue weighted by atomic mass is 15.3. The number of rotatable bonds is 3. The molecule has 1 unspecified atom stereocenters. The molecule has 2 aromatic rings. The Morgan fingerprint density at radius 2 is 1.63 bits per heavy atom. The average molecular weight is 257 g/mol. The Hall–Kier alpha value is -1.77. The summed E-state index contributed by atoms with van der Waals surface area (Å²) >= 11 is 0. The van der Waals surface area contributed by atoms with Crippen molar-refractivity contribution in [3.8, 4) is 0 Å². The Balaban J connectivity index is 2.27. The molecule has 0 radical (unpaired) electrons. The van der Waals surface area contributed by atoms with Crippen molar-refractivity contribution in [3.05, 3.63) is 46.3 Å². The van der Waals surface area contributed by atoms with E-state index in [9.17, 15) is 0 Å². The van der Waals surface area contributed by atoms with Gasteiger partial charge in [-0.1, -0.05) is 6.07 Å². The number of aromatic nitrogens is 2. The molecule has 1 aromatic carbocycles. The second-order valence-corrected chi connectivity index (χ2v) is 5.45. The lowest BCUT2D eigenvalue weighted by Gasteiger charge is -2.17. The summed E-state index contributed by atoms with van der Waals surface area (Å²) in [5.74, 6) is 0.